The summed E-state index contributed by atoms with van der Waals surface area (Å²) >= 11 is 0. The molecule has 0 saturated heterocycles. The van der Waals surface area contributed by atoms with Gasteiger partial charge in [0, 0.05) is 0 Å². The zero-order valence-electron chi connectivity index (χ0n) is 12.5. The number of aryl methyl sites for hydroxylation is 4. The maximum atomic E-state index is 3.43. The minimum Gasteiger partial charge on any atom is -0.309 e. The lowest BCUT2D eigenvalue weighted by Gasteiger charge is -2.19. The Kier molecular flexibility index (Phi) is 4.06. The lowest BCUT2D eigenvalue weighted by Crippen LogP contribution is -2.18. The van der Waals surface area contributed by atoms with Crippen LogP contribution in [-0.2, 0) is 0 Å². The van der Waals surface area contributed by atoms with Crippen molar-refractivity contribution in [3.05, 3.63) is 69.8 Å². The zero-order valence-corrected chi connectivity index (χ0v) is 12.5. The summed E-state index contributed by atoms with van der Waals surface area (Å²) in [6.45, 7) is 8.66. The second kappa shape index (κ2) is 5.58. The standard InChI is InChI=1S/C18H23N/c1-12-6-8-16(10-14(12)3)18(19-5)17-9-7-13(2)15(4)11-17/h6-11,18-19H,1-5H3. The molecular formula is C18H23N. The van der Waals surface area contributed by atoms with Crippen LogP contribution in [0.2, 0.25) is 0 Å². The molecule has 0 saturated carbocycles. The number of benzene rings is 2. The Labute approximate surface area is 116 Å². The van der Waals surface area contributed by atoms with Crippen LogP contribution in [0.25, 0.3) is 0 Å². The quantitative estimate of drug-likeness (QED) is 0.863. The predicted octanol–water partition coefficient (Wildman–Crippen LogP) is 4.23. The van der Waals surface area contributed by atoms with Crippen LogP contribution >= 0.6 is 0 Å². The van der Waals surface area contributed by atoms with E-state index in [-0.39, 0.29) is 6.04 Å². The van der Waals surface area contributed by atoms with Crippen molar-refractivity contribution in [1.29, 1.82) is 0 Å². The molecule has 2 aromatic carbocycles. The van der Waals surface area contributed by atoms with E-state index >= 15 is 0 Å². The summed E-state index contributed by atoms with van der Waals surface area (Å²) in [7, 11) is 2.02. The van der Waals surface area contributed by atoms with Crippen molar-refractivity contribution in [2.75, 3.05) is 7.05 Å². The molecule has 2 aromatic rings. The van der Waals surface area contributed by atoms with Crippen molar-refractivity contribution >= 4 is 0 Å². The highest BCUT2D eigenvalue weighted by atomic mass is 14.9. The SMILES string of the molecule is CNC(c1ccc(C)c(C)c1)c1ccc(C)c(C)c1. The lowest BCUT2D eigenvalue weighted by molar-refractivity contribution is 0.690. The fourth-order valence-electron chi connectivity index (χ4n) is 2.41. The summed E-state index contributed by atoms with van der Waals surface area (Å²) in [5.41, 5.74) is 8.04. The molecule has 0 amide bonds. The van der Waals surface area contributed by atoms with E-state index in [2.05, 4.69) is 69.4 Å². The molecule has 0 atom stereocenters. The summed E-state index contributed by atoms with van der Waals surface area (Å²) in [6.07, 6.45) is 0. The van der Waals surface area contributed by atoms with E-state index in [9.17, 15) is 0 Å². The summed E-state index contributed by atoms with van der Waals surface area (Å²) < 4.78 is 0. The van der Waals surface area contributed by atoms with Crippen LogP contribution in [0.15, 0.2) is 36.4 Å². The van der Waals surface area contributed by atoms with Gasteiger partial charge in [-0.05, 0) is 68.1 Å². The number of nitrogens with one attached hydrogen (secondary N) is 1. The molecular weight excluding hydrogens is 230 g/mol. The summed E-state index contributed by atoms with van der Waals surface area (Å²) in [5, 5.41) is 3.43. The van der Waals surface area contributed by atoms with Crippen LogP contribution in [0.1, 0.15) is 39.4 Å². The second-order valence-electron chi connectivity index (χ2n) is 5.41. The molecule has 0 aromatic heterocycles. The van der Waals surface area contributed by atoms with E-state index < -0.39 is 0 Å². The first-order chi connectivity index (χ1) is 9.02. The van der Waals surface area contributed by atoms with Gasteiger partial charge in [-0.3, -0.25) is 0 Å². The second-order valence-corrected chi connectivity index (χ2v) is 5.41. The smallest absolute Gasteiger partial charge is 0.0574 e. The van der Waals surface area contributed by atoms with Gasteiger partial charge < -0.3 is 5.32 Å². The molecule has 0 aliphatic heterocycles. The molecule has 0 aliphatic carbocycles. The summed E-state index contributed by atoms with van der Waals surface area (Å²) in [4.78, 5) is 0. The highest BCUT2D eigenvalue weighted by molar-refractivity contribution is 5.39. The van der Waals surface area contributed by atoms with Crippen molar-refractivity contribution in [2.24, 2.45) is 0 Å². The van der Waals surface area contributed by atoms with E-state index in [1.165, 1.54) is 33.4 Å². The van der Waals surface area contributed by atoms with Crippen molar-refractivity contribution in [2.45, 2.75) is 33.7 Å². The fraction of sp³-hybridized carbons (Fsp3) is 0.333. The molecule has 0 radical (unpaired) electrons. The highest BCUT2D eigenvalue weighted by Gasteiger charge is 2.13. The number of hydrogen-bond acceptors (Lipinski definition) is 1. The Morgan fingerprint density at radius 3 is 1.42 bits per heavy atom. The van der Waals surface area contributed by atoms with Crippen LogP contribution < -0.4 is 5.32 Å². The monoisotopic (exact) mass is 253 g/mol. The Morgan fingerprint density at radius 2 is 1.11 bits per heavy atom. The van der Waals surface area contributed by atoms with Gasteiger partial charge in [-0.2, -0.15) is 0 Å². The van der Waals surface area contributed by atoms with Gasteiger partial charge in [-0.25, -0.2) is 0 Å². The van der Waals surface area contributed by atoms with E-state index in [1.807, 2.05) is 7.05 Å². The zero-order chi connectivity index (χ0) is 14.0. The van der Waals surface area contributed by atoms with Crippen LogP contribution in [0, 0.1) is 27.7 Å². The molecule has 0 heterocycles. The van der Waals surface area contributed by atoms with Crippen molar-refractivity contribution in [3.8, 4) is 0 Å². The van der Waals surface area contributed by atoms with E-state index in [0.717, 1.165) is 0 Å². The maximum Gasteiger partial charge on any atom is 0.0574 e. The third-order valence-corrected chi connectivity index (χ3v) is 4.02. The van der Waals surface area contributed by atoms with Crippen molar-refractivity contribution in [3.63, 3.8) is 0 Å². The molecule has 0 aliphatic rings. The van der Waals surface area contributed by atoms with Gasteiger partial charge >= 0.3 is 0 Å². The lowest BCUT2D eigenvalue weighted by atomic mass is 9.94. The molecule has 1 nitrogen and oxygen atoms in total. The van der Waals surface area contributed by atoms with Crippen molar-refractivity contribution in [1.82, 2.24) is 5.32 Å². The van der Waals surface area contributed by atoms with Crippen LogP contribution in [0.4, 0.5) is 0 Å². The van der Waals surface area contributed by atoms with Crippen LogP contribution in [-0.4, -0.2) is 7.05 Å². The molecule has 1 N–H and O–H groups in total. The molecule has 2 rings (SSSR count). The molecule has 1 heteroatoms. The van der Waals surface area contributed by atoms with Gasteiger partial charge in [-0.1, -0.05) is 36.4 Å². The predicted molar refractivity (Wildman–Crippen MR) is 82.7 cm³/mol. The van der Waals surface area contributed by atoms with Crippen LogP contribution in [0.3, 0.4) is 0 Å². The first-order valence-electron chi connectivity index (χ1n) is 6.84. The third-order valence-electron chi connectivity index (χ3n) is 4.02. The molecule has 0 bridgehead atoms. The van der Waals surface area contributed by atoms with Gasteiger partial charge in [0.05, 0.1) is 6.04 Å². The van der Waals surface area contributed by atoms with Gasteiger partial charge in [0.25, 0.3) is 0 Å². The number of hydrogen-bond donors (Lipinski definition) is 1. The Bertz CT molecular complexity index is 533. The first kappa shape index (κ1) is 13.8. The minimum atomic E-state index is 0.263. The average molecular weight is 253 g/mol. The normalized spacial score (nSPS) is 11.1. The van der Waals surface area contributed by atoms with E-state index in [4.69, 9.17) is 0 Å². The van der Waals surface area contributed by atoms with Gasteiger partial charge in [-0.15, -0.1) is 0 Å². The largest absolute Gasteiger partial charge is 0.309 e. The summed E-state index contributed by atoms with van der Waals surface area (Å²) in [5.74, 6) is 0. The highest BCUT2D eigenvalue weighted by Crippen LogP contribution is 2.25. The van der Waals surface area contributed by atoms with E-state index in [1.54, 1.807) is 0 Å². The van der Waals surface area contributed by atoms with Crippen LogP contribution in [0.5, 0.6) is 0 Å². The third kappa shape index (κ3) is 2.87. The molecule has 100 valence electrons. The number of rotatable bonds is 3. The molecule has 0 fully saturated rings. The van der Waals surface area contributed by atoms with Crippen molar-refractivity contribution < 1.29 is 0 Å². The maximum absolute atomic E-state index is 3.43. The van der Waals surface area contributed by atoms with Gasteiger partial charge in [0.2, 0.25) is 0 Å². The molecule has 0 spiro atoms. The molecule has 19 heavy (non-hydrogen) atoms. The van der Waals surface area contributed by atoms with Gasteiger partial charge in [0.15, 0.2) is 0 Å². The summed E-state index contributed by atoms with van der Waals surface area (Å²) in [6, 6.07) is 13.7. The topological polar surface area (TPSA) is 12.0 Å². The fourth-order valence-corrected chi connectivity index (χ4v) is 2.41. The Balaban J connectivity index is 2.43. The Hall–Kier alpha value is -1.60. The van der Waals surface area contributed by atoms with E-state index in [0.29, 0.717) is 0 Å². The minimum absolute atomic E-state index is 0.263. The van der Waals surface area contributed by atoms with Gasteiger partial charge in [0.1, 0.15) is 0 Å². The molecule has 0 unspecified atom stereocenters. The average Bonchev–Trinajstić information content (AvgIpc) is 2.39. The first-order valence-corrected chi connectivity index (χ1v) is 6.84. The Morgan fingerprint density at radius 1 is 0.684 bits per heavy atom.